The highest BCUT2D eigenvalue weighted by atomic mass is 32.2. The van der Waals surface area contributed by atoms with E-state index in [-0.39, 0.29) is 11.2 Å². The van der Waals surface area contributed by atoms with E-state index in [1.165, 1.54) is 11.8 Å². The minimum Gasteiger partial charge on any atom is -0.493 e. The van der Waals surface area contributed by atoms with Gasteiger partial charge in [-0.3, -0.25) is 4.79 Å². The Morgan fingerprint density at radius 3 is 2.52 bits per heavy atom. The van der Waals surface area contributed by atoms with Gasteiger partial charge in [0.2, 0.25) is 11.8 Å². The molecule has 0 bridgehead atoms. The first-order valence-corrected chi connectivity index (χ1v) is 9.94. The average Bonchev–Trinajstić information content (AvgIpc) is 3.20. The Kier molecular flexibility index (Phi) is 6.77. The summed E-state index contributed by atoms with van der Waals surface area (Å²) in [4.78, 5) is 12.4. The number of nitrogens with zero attached hydrogens (tertiary/aromatic N) is 2. The molecule has 2 aromatic carbocycles. The Hall–Kier alpha value is -3.00. The van der Waals surface area contributed by atoms with E-state index in [0.717, 1.165) is 16.7 Å². The largest absolute Gasteiger partial charge is 0.493 e. The summed E-state index contributed by atoms with van der Waals surface area (Å²) in [6.07, 6.45) is 0. The number of methoxy groups -OCH3 is 2. The lowest BCUT2D eigenvalue weighted by atomic mass is 10.1. The van der Waals surface area contributed by atoms with Crippen molar-refractivity contribution in [3.8, 4) is 23.0 Å². The van der Waals surface area contributed by atoms with Crippen molar-refractivity contribution in [2.75, 3.05) is 14.2 Å². The van der Waals surface area contributed by atoms with Crippen molar-refractivity contribution in [3.63, 3.8) is 0 Å². The molecule has 29 heavy (non-hydrogen) atoms. The minimum absolute atomic E-state index is 0.125. The highest BCUT2D eigenvalue weighted by Gasteiger charge is 2.19. The lowest BCUT2D eigenvalue weighted by molar-refractivity contribution is -0.120. The average molecular weight is 413 g/mol. The summed E-state index contributed by atoms with van der Waals surface area (Å²) in [6, 6.07) is 13.3. The number of ether oxygens (including phenoxy) is 2. The standard InChI is InChI=1S/C21H23N3O4S/c1-13-5-8-16(9-6-13)20-23-24-21(28-20)29-14(2)19(25)22-12-15-7-10-17(26-3)18(11-15)27-4/h5-11,14H,12H2,1-4H3,(H,22,25)/t14-/m1/s1. The molecule has 0 aliphatic heterocycles. The number of nitrogens with one attached hydrogen (secondary N) is 1. The van der Waals surface area contributed by atoms with Gasteiger partial charge in [-0.2, -0.15) is 0 Å². The Morgan fingerprint density at radius 2 is 1.83 bits per heavy atom. The fourth-order valence-corrected chi connectivity index (χ4v) is 3.31. The second-order valence-electron chi connectivity index (χ2n) is 6.41. The van der Waals surface area contributed by atoms with E-state index in [9.17, 15) is 4.79 Å². The van der Waals surface area contributed by atoms with Crippen molar-refractivity contribution in [2.45, 2.75) is 30.9 Å². The molecule has 0 radical (unpaired) electrons. The molecule has 0 aliphatic carbocycles. The van der Waals surface area contributed by atoms with Crippen LogP contribution >= 0.6 is 11.8 Å². The monoisotopic (exact) mass is 413 g/mol. The first-order chi connectivity index (χ1) is 14.0. The molecule has 1 N–H and O–H groups in total. The highest BCUT2D eigenvalue weighted by Crippen LogP contribution is 2.28. The van der Waals surface area contributed by atoms with Gasteiger partial charge in [0.15, 0.2) is 11.5 Å². The third-order valence-electron chi connectivity index (χ3n) is 4.27. The number of rotatable bonds is 8. The lowest BCUT2D eigenvalue weighted by Crippen LogP contribution is -2.30. The molecule has 1 atom stereocenters. The maximum absolute atomic E-state index is 12.4. The molecule has 3 aromatic rings. The Bertz CT molecular complexity index is 972. The molecule has 0 saturated heterocycles. The fourth-order valence-electron chi connectivity index (χ4n) is 2.60. The second kappa shape index (κ2) is 9.47. The van der Waals surface area contributed by atoms with E-state index >= 15 is 0 Å². The van der Waals surface area contributed by atoms with Gasteiger partial charge in [0.05, 0.1) is 19.5 Å². The first kappa shape index (κ1) is 20.7. The molecule has 3 rings (SSSR count). The number of hydrogen-bond acceptors (Lipinski definition) is 7. The molecule has 0 fully saturated rings. The van der Waals surface area contributed by atoms with Crippen LogP contribution in [0.2, 0.25) is 0 Å². The van der Waals surface area contributed by atoms with E-state index in [1.54, 1.807) is 21.1 Å². The lowest BCUT2D eigenvalue weighted by Gasteiger charge is -2.12. The molecular weight excluding hydrogens is 390 g/mol. The zero-order valence-corrected chi connectivity index (χ0v) is 17.6. The highest BCUT2D eigenvalue weighted by molar-refractivity contribution is 8.00. The van der Waals surface area contributed by atoms with Gasteiger partial charge < -0.3 is 19.2 Å². The maximum Gasteiger partial charge on any atom is 0.277 e. The van der Waals surface area contributed by atoms with Crippen molar-refractivity contribution in [2.24, 2.45) is 0 Å². The molecule has 1 amide bonds. The van der Waals surface area contributed by atoms with Gasteiger partial charge in [-0.1, -0.05) is 35.5 Å². The van der Waals surface area contributed by atoms with Crippen LogP contribution < -0.4 is 14.8 Å². The molecule has 7 nitrogen and oxygen atoms in total. The van der Waals surface area contributed by atoms with E-state index in [2.05, 4.69) is 15.5 Å². The predicted octanol–water partition coefficient (Wildman–Crippen LogP) is 3.86. The zero-order valence-electron chi connectivity index (χ0n) is 16.8. The number of carbonyl (C=O) groups excluding carboxylic acids is 1. The van der Waals surface area contributed by atoms with Gasteiger partial charge in [-0.15, -0.1) is 10.2 Å². The van der Waals surface area contributed by atoms with E-state index in [0.29, 0.717) is 29.2 Å². The van der Waals surface area contributed by atoms with Crippen LogP contribution in [-0.4, -0.2) is 35.6 Å². The number of carbonyl (C=O) groups is 1. The summed E-state index contributed by atoms with van der Waals surface area (Å²) in [6.45, 7) is 4.19. The SMILES string of the molecule is COc1ccc(CNC(=O)[C@@H](C)Sc2nnc(-c3ccc(C)cc3)o2)cc1OC. The Labute approximate surface area is 173 Å². The van der Waals surface area contributed by atoms with Crippen molar-refractivity contribution in [3.05, 3.63) is 53.6 Å². The van der Waals surface area contributed by atoms with Crippen LogP contribution in [0, 0.1) is 6.92 Å². The molecule has 0 saturated carbocycles. The molecule has 1 heterocycles. The van der Waals surface area contributed by atoms with Crippen molar-refractivity contribution >= 4 is 17.7 Å². The van der Waals surface area contributed by atoms with Crippen molar-refractivity contribution in [1.82, 2.24) is 15.5 Å². The third kappa shape index (κ3) is 5.29. The number of hydrogen-bond donors (Lipinski definition) is 1. The summed E-state index contributed by atoms with van der Waals surface area (Å²) >= 11 is 1.22. The van der Waals surface area contributed by atoms with E-state index < -0.39 is 0 Å². The number of benzene rings is 2. The summed E-state index contributed by atoms with van der Waals surface area (Å²) in [5, 5.41) is 11.0. The molecular formula is C21H23N3O4S. The number of amides is 1. The minimum atomic E-state index is -0.388. The molecule has 0 spiro atoms. The predicted molar refractivity (Wildman–Crippen MR) is 111 cm³/mol. The van der Waals surface area contributed by atoms with Gasteiger partial charge in [0.1, 0.15) is 0 Å². The second-order valence-corrected chi connectivity index (χ2v) is 7.70. The zero-order chi connectivity index (χ0) is 20.8. The quantitative estimate of drug-likeness (QED) is 0.561. The van der Waals surface area contributed by atoms with Crippen LogP contribution in [0.15, 0.2) is 52.1 Å². The van der Waals surface area contributed by atoms with Crippen LogP contribution in [0.3, 0.4) is 0 Å². The van der Waals surface area contributed by atoms with Crippen LogP contribution in [-0.2, 0) is 11.3 Å². The smallest absolute Gasteiger partial charge is 0.277 e. The van der Waals surface area contributed by atoms with Crippen LogP contribution in [0.25, 0.3) is 11.5 Å². The van der Waals surface area contributed by atoms with Crippen LogP contribution in [0.1, 0.15) is 18.1 Å². The number of aromatic nitrogens is 2. The van der Waals surface area contributed by atoms with Gasteiger partial charge in [0, 0.05) is 12.1 Å². The van der Waals surface area contributed by atoms with E-state index in [1.807, 2.05) is 49.4 Å². The third-order valence-corrected chi connectivity index (χ3v) is 5.20. The number of aryl methyl sites for hydroxylation is 1. The summed E-state index contributed by atoms with van der Waals surface area (Å²) in [5.74, 6) is 1.58. The summed E-state index contributed by atoms with van der Waals surface area (Å²) < 4.78 is 16.2. The topological polar surface area (TPSA) is 86.5 Å². The van der Waals surface area contributed by atoms with Gasteiger partial charge in [-0.25, -0.2) is 0 Å². The molecule has 0 aliphatic rings. The fraction of sp³-hybridized carbons (Fsp3) is 0.286. The van der Waals surface area contributed by atoms with Gasteiger partial charge in [0.25, 0.3) is 5.22 Å². The summed E-state index contributed by atoms with van der Waals surface area (Å²) in [7, 11) is 3.16. The van der Waals surface area contributed by atoms with Crippen LogP contribution in [0.5, 0.6) is 11.5 Å². The van der Waals surface area contributed by atoms with Gasteiger partial charge >= 0.3 is 0 Å². The van der Waals surface area contributed by atoms with Crippen molar-refractivity contribution < 1.29 is 18.7 Å². The molecule has 0 unspecified atom stereocenters. The van der Waals surface area contributed by atoms with E-state index in [4.69, 9.17) is 13.9 Å². The Morgan fingerprint density at radius 1 is 1.10 bits per heavy atom. The van der Waals surface area contributed by atoms with Gasteiger partial charge in [-0.05, 0) is 43.7 Å². The molecule has 152 valence electrons. The normalized spacial score (nSPS) is 11.7. The molecule has 8 heteroatoms. The summed E-state index contributed by atoms with van der Waals surface area (Å²) in [5.41, 5.74) is 2.91. The Balaban J connectivity index is 1.56. The van der Waals surface area contributed by atoms with Crippen molar-refractivity contribution in [1.29, 1.82) is 0 Å². The van der Waals surface area contributed by atoms with Crippen LogP contribution in [0.4, 0.5) is 0 Å². The first-order valence-electron chi connectivity index (χ1n) is 9.06. The molecule has 1 aromatic heterocycles. The maximum atomic E-state index is 12.4. The number of thioether (sulfide) groups is 1.